The fraction of sp³-hybridized carbons (Fsp3) is 0.633. The highest BCUT2D eigenvalue weighted by Crippen LogP contribution is 2.69. The van der Waals surface area contributed by atoms with Gasteiger partial charge in [-0.3, -0.25) is 19.2 Å². The summed E-state index contributed by atoms with van der Waals surface area (Å²) in [6.45, 7) is 8.90. The van der Waals surface area contributed by atoms with Gasteiger partial charge in [0.05, 0.1) is 22.7 Å². The van der Waals surface area contributed by atoms with Gasteiger partial charge in [0.15, 0.2) is 11.7 Å². The van der Waals surface area contributed by atoms with Crippen LogP contribution in [0.1, 0.15) is 71.7 Å². The molecule has 12 nitrogen and oxygen atoms in total. The zero-order valence-electron chi connectivity index (χ0n) is 24.8. The summed E-state index contributed by atoms with van der Waals surface area (Å²) >= 11 is 0. The van der Waals surface area contributed by atoms with E-state index < -0.39 is 89.0 Å². The molecule has 4 rings (SSSR count). The molecular formula is C30H38O12. The highest BCUT2D eigenvalue weighted by molar-refractivity contribution is 5.89. The Bertz CT molecular complexity index is 1260. The number of benzene rings is 1. The molecule has 0 unspecified atom stereocenters. The highest BCUT2D eigenvalue weighted by Gasteiger charge is 2.87. The van der Waals surface area contributed by atoms with Gasteiger partial charge in [-0.2, -0.15) is 0 Å². The molecule has 1 heterocycles. The van der Waals surface area contributed by atoms with Gasteiger partial charge in [-0.05, 0) is 45.7 Å². The van der Waals surface area contributed by atoms with Gasteiger partial charge in [0.1, 0.15) is 30.3 Å². The van der Waals surface area contributed by atoms with Crippen LogP contribution in [0.3, 0.4) is 0 Å². The first kappa shape index (κ1) is 31.4. The first-order valence-electron chi connectivity index (χ1n) is 13.8. The third-order valence-electron chi connectivity index (χ3n) is 8.73. The van der Waals surface area contributed by atoms with Gasteiger partial charge >= 0.3 is 29.8 Å². The van der Waals surface area contributed by atoms with Crippen LogP contribution < -0.4 is 0 Å². The van der Waals surface area contributed by atoms with E-state index in [1.54, 1.807) is 32.0 Å². The average Bonchev–Trinajstić information content (AvgIpc) is 3.07. The smallest absolute Gasteiger partial charge is 0.338 e. The summed E-state index contributed by atoms with van der Waals surface area (Å²) in [5.41, 5.74) is -6.85. The summed E-state index contributed by atoms with van der Waals surface area (Å²) in [4.78, 5) is 63.7. The number of hydrogen-bond acceptors (Lipinski definition) is 12. The molecule has 3 aliphatic rings. The molecule has 0 aromatic heterocycles. The lowest BCUT2D eigenvalue weighted by Gasteiger charge is -2.65. The Kier molecular flexibility index (Phi) is 8.20. The maximum absolute atomic E-state index is 13.7. The molecule has 0 amide bonds. The van der Waals surface area contributed by atoms with Gasteiger partial charge in [-0.15, -0.1) is 0 Å². The molecule has 0 radical (unpaired) electrons. The number of hydrogen-bond donors (Lipinski definition) is 1. The molecular weight excluding hydrogens is 552 g/mol. The Morgan fingerprint density at radius 3 is 1.98 bits per heavy atom. The normalized spacial score (nSPS) is 36.1. The Morgan fingerprint density at radius 2 is 1.43 bits per heavy atom. The van der Waals surface area contributed by atoms with Crippen LogP contribution in [-0.2, 0) is 47.6 Å². The predicted octanol–water partition coefficient (Wildman–Crippen LogP) is 2.28. The molecule has 1 spiro atoms. The minimum absolute atomic E-state index is 0.00488. The first-order chi connectivity index (χ1) is 19.5. The molecule has 2 saturated carbocycles. The van der Waals surface area contributed by atoms with Crippen molar-refractivity contribution in [2.75, 3.05) is 6.61 Å². The van der Waals surface area contributed by atoms with Crippen molar-refractivity contribution in [1.82, 2.24) is 0 Å². The zero-order valence-corrected chi connectivity index (χ0v) is 24.8. The van der Waals surface area contributed by atoms with Gasteiger partial charge < -0.3 is 33.5 Å². The molecule has 3 fully saturated rings. The number of rotatable bonds is 7. The lowest BCUT2D eigenvalue weighted by atomic mass is 9.46. The van der Waals surface area contributed by atoms with Crippen molar-refractivity contribution in [1.29, 1.82) is 0 Å². The topological polar surface area (TPSA) is 161 Å². The van der Waals surface area contributed by atoms with Gasteiger partial charge in [0, 0.05) is 27.7 Å². The third-order valence-corrected chi connectivity index (χ3v) is 8.73. The molecule has 12 heteroatoms. The van der Waals surface area contributed by atoms with Crippen molar-refractivity contribution in [2.45, 2.75) is 103 Å². The van der Waals surface area contributed by atoms with E-state index in [-0.39, 0.29) is 18.4 Å². The van der Waals surface area contributed by atoms with E-state index in [4.69, 9.17) is 28.4 Å². The van der Waals surface area contributed by atoms with Crippen molar-refractivity contribution in [2.24, 2.45) is 11.3 Å². The molecule has 1 N–H and O–H groups in total. The SMILES string of the molecule is CC(=O)OC[C@]12[C@H](OC(C)=O)CC[C@@](C)(O)[C@@]13OC(C)(C)[C@@H]([C@@H](OC(C)=O)[C@@H]2OC(=O)c1ccccc1)[C@@H]3OC(C)=O. The Morgan fingerprint density at radius 1 is 0.833 bits per heavy atom. The van der Waals surface area contributed by atoms with Crippen molar-refractivity contribution in [3.63, 3.8) is 0 Å². The molecule has 2 bridgehead atoms. The number of fused-ring (bicyclic) bond motifs is 1. The van der Waals surface area contributed by atoms with E-state index in [1.807, 2.05) is 0 Å². The number of esters is 5. The van der Waals surface area contributed by atoms with E-state index in [1.165, 1.54) is 39.8 Å². The Balaban J connectivity index is 2.10. The standard InChI is InChI=1S/C30H38O12/c1-16(31)37-15-29-21(38-17(2)32)13-14-28(7,36)30(29)24(40-19(4)34)22(27(5,6)42-30)23(39-18(3)33)25(29)41-26(35)20-11-9-8-10-12-20/h8-12,21-25,36H,13-15H2,1-7H3/t21-,22+,23-,24+,25+,28-,29-,30-/m1/s1. The fourth-order valence-corrected chi connectivity index (χ4v) is 7.43. The van der Waals surface area contributed by atoms with E-state index in [2.05, 4.69) is 0 Å². The molecule has 42 heavy (non-hydrogen) atoms. The van der Waals surface area contributed by atoms with E-state index in [0.717, 1.165) is 6.92 Å². The maximum Gasteiger partial charge on any atom is 0.338 e. The number of ether oxygens (including phenoxy) is 6. The van der Waals surface area contributed by atoms with Crippen LogP contribution in [0.5, 0.6) is 0 Å². The third kappa shape index (κ3) is 4.94. The van der Waals surface area contributed by atoms with Crippen molar-refractivity contribution in [3.8, 4) is 0 Å². The second-order valence-electron chi connectivity index (χ2n) is 12.0. The largest absolute Gasteiger partial charge is 0.465 e. The average molecular weight is 591 g/mol. The number of carbonyl (C=O) groups excluding carboxylic acids is 5. The van der Waals surface area contributed by atoms with Crippen molar-refractivity contribution >= 4 is 29.8 Å². The summed E-state index contributed by atoms with van der Waals surface area (Å²) in [5, 5.41) is 12.2. The van der Waals surface area contributed by atoms with E-state index in [9.17, 15) is 29.1 Å². The molecule has 1 aromatic carbocycles. The predicted molar refractivity (Wildman–Crippen MR) is 143 cm³/mol. The van der Waals surface area contributed by atoms with Gasteiger partial charge in [0.25, 0.3) is 0 Å². The quantitative estimate of drug-likeness (QED) is 0.365. The van der Waals surface area contributed by atoms with Crippen molar-refractivity contribution in [3.05, 3.63) is 35.9 Å². The molecule has 230 valence electrons. The minimum Gasteiger partial charge on any atom is -0.465 e. The van der Waals surface area contributed by atoms with Crippen LogP contribution in [0.15, 0.2) is 30.3 Å². The minimum atomic E-state index is -1.98. The van der Waals surface area contributed by atoms with Crippen LogP contribution in [0, 0.1) is 11.3 Å². The second-order valence-corrected chi connectivity index (χ2v) is 12.0. The maximum atomic E-state index is 13.7. The summed E-state index contributed by atoms with van der Waals surface area (Å²) in [6, 6.07) is 8.04. The Hall–Kier alpha value is -3.51. The zero-order chi connectivity index (χ0) is 31.3. The molecule has 2 aliphatic carbocycles. The van der Waals surface area contributed by atoms with E-state index >= 15 is 0 Å². The summed E-state index contributed by atoms with van der Waals surface area (Å²) in [5.74, 6) is -4.70. The lowest BCUT2D eigenvalue weighted by molar-refractivity contribution is -0.348. The molecule has 8 atom stereocenters. The van der Waals surface area contributed by atoms with E-state index in [0.29, 0.717) is 0 Å². The van der Waals surface area contributed by atoms with Crippen molar-refractivity contribution < 1.29 is 57.5 Å². The summed E-state index contributed by atoms with van der Waals surface area (Å²) in [6.07, 6.45) is -5.37. The molecule has 1 saturated heterocycles. The van der Waals surface area contributed by atoms with Crippen LogP contribution in [0.2, 0.25) is 0 Å². The first-order valence-corrected chi connectivity index (χ1v) is 13.8. The highest BCUT2D eigenvalue weighted by atomic mass is 16.6. The van der Waals surface area contributed by atoms with Crippen LogP contribution in [0.4, 0.5) is 0 Å². The second kappa shape index (κ2) is 11.0. The van der Waals surface area contributed by atoms with Crippen LogP contribution in [0.25, 0.3) is 0 Å². The summed E-state index contributed by atoms with van der Waals surface area (Å²) < 4.78 is 36.2. The molecule has 1 aliphatic heterocycles. The summed E-state index contributed by atoms with van der Waals surface area (Å²) in [7, 11) is 0. The fourth-order valence-electron chi connectivity index (χ4n) is 7.43. The monoisotopic (exact) mass is 590 g/mol. The van der Waals surface area contributed by atoms with Gasteiger partial charge in [-0.1, -0.05) is 18.2 Å². The lowest BCUT2D eigenvalue weighted by Crippen LogP contribution is -2.83. The van der Waals surface area contributed by atoms with Gasteiger partial charge in [-0.25, -0.2) is 4.79 Å². The number of carbonyl (C=O) groups is 5. The van der Waals surface area contributed by atoms with Crippen LogP contribution in [-0.4, -0.2) is 82.8 Å². The Labute approximate surface area is 243 Å². The molecule has 1 aromatic rings. The van der Waals surface area contributed by atoms with Gasteiger partial charge in [0.2, 0.25) is 0 Å². The number of aliphatic hydroxyl groups is 1. The van der Waals surface area contributed by atoms with Crippen LogP contribution >= 0.6 is 0 Å².